The molecule has 1 aromatic carbocycles. The van der Waals surface area contributed by atoms with Crippen molar-refractivity contribution in [3.8, 4) is 11.8 Å². The van der Waals surface area contributed by atoms with E-state index >= 15 is 0 Å². The molecule has 0 radical (unpaired) electrons. The van der Waals surface area contributed by atoms with E-state index in [1.807, 2.05) is 18.2 Å². The van der Waals surface area contributed by atoms with Gasteiger partial charge in [-0.3, -0.25) is 0 Å². The summed E-state index contributed by atoms with van der Waals surface area (Å²) >= 11 is 3.43. The molecule has 0 saturated carbocycles. The molecule has 0 aliphatic carbocycles. The number of esters is 1. The third-order valence-electron chi connectivity index (χ3n) is 3.29. The number of hydrogen-bond donors (Lipinski definition) is 0. The smallest absolute Gasteiger partial charge is 0.359 e. The molecule has 6 nitrogen and oxygen atoms in total. The summed E-state index contributed by atoms with van der Waals surface area (Å²) < 4.78 is 7.18. The van der Waals surface area contributed by atoms with Crippen LogP contribution in [0.25, 0.3) is 16.7 Å². The van der Waals surface area contributed by atoms with E-state index in [4.69, 9.17) is 10.00 Å². The van der Waals surface area contributed by atoms with Gasteiger partial charge in [0.2, 0.25) is 0 Å². The van der Waals surface area contributed by atoms with Gasteiger partial charge in [-0.05, 0) is 35.9 Å². The number of nitriles is 1. The Morgan fingerprint density at radius 1 is 1.43 bits per heavy atom. The highest BCUT2D eigenvalue weighted by atomic mass is 79.9. The highest BCUT2D eigenvalue weighted by molar-refractivity contribution is 9.10. The Kier molecular flexibility index (Phi) is 4.08. The van der Waals surface area contributed by atoms with Gasteiger partial charge in [0.25, 0.3) is 0 Å². The second-order valence-corrected chi connectivity index (χ2v) is 5.69. The highest BCUT2D eigenvalue weighted by Crippen LogP contribution is 2.24. The number of rotatable bonds is 3. The molecule has 114 valence electrons. The quantitative estimate of drug-likeness (QED) is 0.661. The lowest BCUT2D eigenvalue weighted by molar-refractivity contribution is 0.0595. The molecule has 2 heterocycles. The number of pyridine rings is 1. The van der Waals surface area contributed by atoms with Crippen LogP contribution in [0.1, 0.15) is 16.1 Å². The lowest BCUT2D eigenvalue weighted by atomic mass is 10.1. The number of carbonyl (C=O) groups is 1. The first-order chi connectivity index (χ1) is 11.1. The molecular formula is C16H11BrN4O2. The number of aromatic nitrogens is 3. The SMILES string of the molecule is COC(=O)c1nn(-c2cc(Br)cc(CC#N)c2)c2ncccc12. The summed E-state index contributed by atoms with van der Waals surface area (Å²) in [5.74, 6) is -0.519. The fourth-order valence-corrected chi connectivity index (χ4v) is 2.86. The van der Waals surface area contributed by atoms with Crippen molar-refractivity contribution in [3.63, 3.8) is 0 Å². The zero-order chi connectivity index (χ0) is 16.4. The van der Waals surface area contributed by atoms with Gasteiger partial charge < -0.3 is 4.74 Å². The minimum atomic E-state index is -0.519. The molecule has 0 aliphatic rings. The first-order valence-corrected chi connectivity index (χ1v) is 7.52. The van der Waals surface area contributed by atoms with Crippen molar-refractivity contribution in [2.24, 2.45) is 0 Å². The van der Waals surface area contributed by atoms with Gasteiger partial charge in [0.1, 0.15) is 0 Å². The van der Waals surface area contributed by atoms with E-state index in [9.17, 15) is 4.79 Å². The van der Waals surface area contributed by atoms with Gasteiger partial charge in [0.15, 0.2) is 11.3 Å². The maximum absolute atomic E-state index is 11.9. The third-order valence-corrected chi connectivity index (χ3v) is 3.75. The van der Waals surface area contributed by atoms with Gasteiger partial charge in [0.05, 0.1) is 30.7 Å². The van der Waals surface area contributed by atoms with E-state index in [0.29, 0.717) is 16.7 Å². The summed E-state index contributed by atoms with van der Waals surface area (Å²) in [6, 6.07) is 11.2. The number of halogens is 1. The van der Waals surface area contributed by atoms with Crippen molar-refractivity contribution in [3.05, 3.63) is 52.3 Å². The Morgan fingerprint density at radius 2 is 2.26 bits per heavy atom. The molecule has 0 fully saturated rings. The maximum atomic E-state index is 11.9. The Balaban J connectivity index is 2.25. The van der Waals surface area contributed by atoms with Crippen LogP contribution in [0.15, 0.2) is 41.0 Å². The number of fused-ring (bicyclic) bond motifs is 1. The number of ether oxygens (including phenoxy) is 1. The first-order valence-electron chi connectivity index (χ1n) is 6.73. The summed E-state index contributed by atoms with van der Waals surface area (Å²) in [7, 11) is 1.31. The minimum Gasteiger partial charge on any atom is -0.464 e. The molecule has 2 aromatic heterocycles. The van der Waals surface area contributed by atoms with Gasteiger partial charge in [-0.2, -0.15) is 10.4 Å². The lowest BCUT2D eigenvalue weighted by Gasteiger charge is -2.06. The number of carbonyl (C=O) groups excluding carboxylic acids is 1. The molecule has 0 aliphatic heterocycles. The molecule has 7 heteroatoms. The molecule has 0 amide bonds. The lowest BCUT2D eigenvalue weighted by Crippen LogP contribution is -2.04. The average Bonchev–Trinajstić information content (AvgIpc) is 2.93. The van der Waals surface area contributed by atoms with Crippen LogP contribution < -0.4 is 0 Å². The summed E-state index contributed by atoms with van der Waals surface area (Å²) in [5.41, 5.74) is 2.31. The predicted molar refractivity (Wildman–Crippen MR) is 87.2 cm³/mol. The fourth-order valence-electron chi connectivity index (χ4n) is 2.33. The summed E-state index contributed by atoms with van der Waals surface area (Å²) in [6.45, 7) is 0. The maximum Gasteiger partial charge on any atom is 0.359 e. The topological polar surface area (TPSA) is 80.8 Å². The number of nitrogens with zero attached hydrogens (tertiary/aromatic N) is 4. The Hall–Kier alpha value is -2.72. The van der Waals surface area contributed by atoms with Gasteiger partial charge in [-0.1, -0.05) is 15.9 Å². The van der Waals surface area contributed by atoms with Crippen molar-refractivity contribution in [1.82, 2.24) is 14.8 Å². The molecule has 0 atom stereocenters. The molecule has 0 spiro atoms. The van der Waals surface area contributed by atoms with Crippen molar-refractivity contribution in [2.45, 2.75) is 6.42 Å². The Labute approximate surface area is 140 Å². The van der Waals surface area contributed by atoms with Crippen molar-refractivity contribution in [2.75, 3.05) is 7.11 Å². The Morgan fingerprint density at radius 3 is 3.00 bits per heavy atom. The van der Waals surface area contributed by atoms with Crippen LogP contribution >= 0.6 is 15.9 Å². The van der Waals surface area contributed by atoms with Crippen molar-refractivity contribution in [1.29, 1.82) is 5.26 Å². The minimum absolute atomic E-state index is 0.206. The fraction of sp³-hybridized carbons (Fsp3) is 0.125. The van der Waals surface area contributed by atoms with Crippen LogP contribution in [-0.4, -0.2) is 27.8 Å². The molecule has 0 N–H and O–H groups in total. The number of benzene rings is 1. The predicted octanol–water partition coefficient (Wildman–Crippen LogP) is 3.04. The normalized spacial score (nSPS) is 10.5. The van der Waals surface area contributed by atoms with Crippen LogP contribution in [-0.2, 0) is 11.2 Å². The third kappa shape index (κ3) is 2.81. The second kappa shape index (κ2) is 6.18. The van der Waals surface area contributed by atoms with Gasteiger partial charge >= 0.3 is 5.97 Å². The molecule has 3 aromatic rings. The zero-order valence-electron chi connectivity index (χ0n) is 12.2. The molecular weight excluding hydrogens is 360 g/mol. The zero-order valence-corrected chi connectivity index (χ0v) is 13.7. The molecule has 0 saturated heterocycles. The number of hydrogen-bond acceptors (Lipinski definition) is 5. The van der Waals surface area contributed by atoms with Gasteiger partial charge in [0, 0.05) is 10.7 Å². The van der Waals surface area contributed by atoms with Crippen molar-refractivity contribution >= 4 is 32.9 Å². The summed E-state index contributed by atoms with van der Waals surface area (Å²) in [4.78, 5) is 16.2. The molecule has 23 heavy (non-hydrogen) atoms. The van der Waals surface area contributed by atoms with Crippen LogP contribution in [0.5, 0.6) is 0 Å². The standard InChI is InChI=1S/C16H11BrN4O2/c1-23-16(22)14-13-3-2-6-19-15(13)21(20-14)12-8-10(4-5-18)7-11(17)9-12/h2-3,6-9H,4H2,1H3. The monoisotopic (exact) mass is 370 g/mol. The van der Waals surface area contributed by atoms with Crippen molar-refractivity contribution < 1.29 is 9.53 Å². The van der Waals surface area contributed by atoms with Gasteiger partial charge in [-0.25, -0.2) is 14.5 Å². The molecule has 0 bridgehead atoms. The number of methoxy groups -OCH3 is 1. The largest absolute Gasteiger partial charge is 0.464 e. The summed E-state index contributed by atoms with van der Waals surface area (Å²) in [5, 5.41) is 13.9. The second-order valence-electron chi connectivity index (χ2n) is 4.78. The van der Waals surface area contributed by atoms with Crippen LogP contribution in [0.3, 0.4) is 0 Å². The highest BCUT2D eigenvalue weighted by Gasteiger charge is 2.19. The summed E-state index contributed by atoms with van der Waals surface area (Å²) in [6.07, 6.45) is 1.92. The molecule has 0 unspecified atom stereocenters. The average molecular weight is 371 g/mol. The first kappa shape index (κ1) is 15.2. The van der Waals surface area contributed by atoms with Crippen LogP contribution in [0, 0.1) is 11.3 Å². The van der Waals surface area contributed by atoms with E-state index in [-0.39, 0.29) is 12.1 Å². The van der Waals surface area contributed by atoms with E-state index in [2.05, 4.69) is 32.1 Å². The van der Waals surface area contributed by atoms with E-state index in [0.717, 1.165) is 10.0 Å². The van der Waals surface area contributed by atoms with Crippen LogP contribution in [0.4, 0.5) is 0 Å². The van der Waals surface area contributed by atoms with E-state index < -0.39 is 5.97 Å². The van der Waals surface area contributed by atoms with Crippen LogP contribution in [0.2, 0.25) is 0 Å². The van der Waals surface area contributed by atoms with E-state index in [1.54, 1.807) is 23.0 Å². The Bertz CT molecular complexity index is 943. The van der Waals surface area contributed by atoms with Gasteiger partial charge in [-0.15, -0.1) is 0 Å². The van der Waals surface area contributed by atoms with E-state index in [1.165, 1.54) is 7.11 Å². The molecule has 3 rings (SSSR count).